The summed E-state index contributed by atoms with van der Waals surface area (Å²) in [4.78, 5) is 0. The van der Waals surface area contributed by atoms with Gasteiger partial charge in [0.1, 0.15) is 11.5 Å². The van der Waals surface area contributed by atoms with Crippen molar-refractivity contribution in [3.63, 3.8) is 0 Å². The Labute approximate surface area is 136 Å². The van der Waals surface area contributed by atoms with Crippen LogP contribution in [-0.2, 0) is 11.3 Å². The molecule has 0 amide bonds. The van der Waals surface area contributed by atoms with Crippen molar-refractivity contribution in [3.05, 3.63) is 47.9 Å². The fraction of sp³-hybridized carbons (Fsp3) is 0.444. The third kappa shape index (κ3) is 3.86. The quantitative estimate of drug-likeness (QED) is 0.888. The molecular weight excluding hydrogens is 294 g/mol. The zero-order valence-corrected chi connectivity index (χ0v) is 13.6. The van der Waals surface area contributed by atoms with Gasteiger partial charge >= 0.3 is 0 Å². The van der Waals surface area contributed by atoms with E-state index in [1.807, 2.05) is 30.5 Å². The van der Waals surface area contributed by atoms with Gasteiger partial charge in [-0.15, -0.1) is 0 Å². The first-order valence-electron chi connectivity index (χ1n) is 7.86. The molecule has 1 aliphatic heterocycles. The Bertz CT molecular complexity index is 589. The molecule has 0 unspecified atom stereocenters. The lowest BCUT2D eigenvalue weighted by Crippen LogP contribution is -2.40. The molecule has 1 fully saturated rings. The zero-order chi connectivity index (χ0) is 16.1. The van der Waals surface area contributed by atoms with Crippen LogP contribution in [0.3, 0.4) is 0 Å². The van der Waals surface area contributed by atoms with Crippen molar-refractivity contribution in [2.75, 3.05) is 27.3 Å². The van der Waals surface area contributed by atoms with E-state index in [-0.39, 0.29) is 6.10 Å². The monoisotopic (exact) mass is 317 g/mol. The predicted octanol–water partition coefficient (Wildman–Crippen LogP) is 2.96. The average Bonchev–Trinajstić information content (AvgIpc) is 3.14. The Morgan fingerprint density at radius 3 is 2.61 bits per heavy atom. The van der Waals surface area contributed by atoms with E-state index in [0.717, 1.165) is 36.6 Å². The number of furan rings is 1. The second kappa shape index (κ2) is 7.53. The minimum Gasteiger partial charge on any atom is -0.497 e. The van der Waals surface area contributed by atoms with Crippen LogP contribution >= 0.6 is 0 Å². The van der Waals surface area contributed by atoms with E-state index in [9.17, 15) is 0 Å². The van der Waals surface area contributed by atoms with E-state index in [2.05, 4.69) is 5.32 Å². The van der Waals surface area contributed by atoms with E-state index >= 15 is 0 Å². The van der Waals surface area contributed by atoms with E-state index in [1.54, 1.807) is 20.5 Å². The molecule has 1 aromatic carbocycles. The number of nitrogens with one attached hydrogen (secondary N) is 1. The van der Waals surface area contributed by atoms with Gasteiger partial charge in [0.2, 0.25) is 0 Å². The van der Waals surface area contributed by atoms with Crippen LogP contribution < -0.4 is 14.8 Å². The molecule has 1 aromatic heterocycles. The fourth-order valence-corrected chi connectivity index (χ4v) is 3.03. The summed E-state index contributed by atoms with van der Waals surface area (Å²) >= 11 is 0. The Balaban J connectivity index is 1.68. The second-order valence-electron chi connectivity index (χ2n) is 5.73. The molecule has 0 bridgehead atoms. The number of methoxy groups -OCH3 is 2. The molecule has 2 atom stereocenters. The molecule has 0 saturated carbocycles. The number of rotatable bonds is 6. The highest BCUT2D eigenvalue weighted by atomic mass is 16.5. The van der Waals surface area contributed by atoms with Gasteiger partial charge in [0.25, 0.3) is 0 Å². The van der Waals surface area contributed by atoms with Gasteiger partial charge in [-0.2, -0.15) is 0 Å². The Hall–Kier alpha value is -1.98. The van der Waals surface area contributed by atoms with Crippen LogP contribution in [0.25, 0.3) is 0 Å². The van der Waals surface area contributed by atoms with E-state index < -0.39 is 0 Å². The minimum atomic E-state index is 0.124. The van der Waals surface area contributed by atoms with E-state index in [4.69, 9.17) is 18.6 Å². The normalized spacial score (nSPS) is 21.1. The molecule has 5 heteroatoms. The van der Waals surface area contributed by atoms with Crippen molar-refractivity contribution >= 4 is 0 Å². The molecule has 2 aromatic rings. The summed E-state index contributed by atoms with van der Waals surface area (Å²) in [5, 5.41) is 3.40. The van der Waals surface area contributed by atoms with Gasteiger partial charge in [-0.25, -0.2) is 0 Å². The van der Waals surface area contributed by atoms with Crippen LogP contribution in [0.5, 0.6) is 11.5 Å². The predicted molar refractivity (Wildman–Crippen MR) is 87.1 cm³/mol. The first-order valence-corrected chi connectivity index (χ1v) is 7.86. The van der Waals surface area contributed by atoms with Gasteiger partial charge in [0, 0.05) is 18.5 Å². The summed E-state index contributed by atoms with van der Waals surface area (Å²) < 4.78 is 22.0. The Morgan fingerprint density at radius 2 is 1.96 bits per heavy atom. The standard InChI is InChI=1S/C18H23NO4/c1-20-15-7-13(8-16(9-15)21-2)11-23-18-10-19-5-3-17(18)14-4-6-22-12-14/h4,6-9,12,17-19H,3,5,10-11H2,1-2H3/t17-,18-/m1/s1. The Morgan fingerprint density at radius 1 is 1.17 bits per heavy atom. The summed E-state index contributed by atoms with van der Waals surface area (Å²) in [5.74, 6) is 1.91. The summed E-state index contributed by atoms with van der Waals surface area (Å²) in [6.45, 7) is 2.37. The van der Waals surface area contributed by atoms with Crippen molar-refractivity contribution in [1.82, 2.24) is 5.32 Å². The van der Waals surface area contributed by atoms with Crippen LogP contribution in [0.1, 0.15) is 23.5 Å². The molecule has 124 valence electrons. The van der Waals surface area contributed by atoms with Gasteiger partial charge in [0.05, 0.1) is 39.5 Å². The maximum atomic E-state index is 6.19. The van der Waals surface area contributed by atoms with Crippen LogP contribution in [0.2, 0.25) is 0 Å². The van der Waals surface area contributed by atoms with Crippen LogP contribution in [0, 0.1) is 0 Å². The third-order valence-corrected chi connectivity index (χ3v) is 4.27. The number of benzene rings is 1. The van der Waals surface area contributed by atoms with E-state index in [1.165, 1.54) is 5.56 Å². The van der Waals surface area contributed by atoms with Crippen molar-refractivity contribution in [1.29, 1.82) is 0 Å². The molecule has 0 radical (unpaired) electrons. The largest absolute Gasteiger partial charge is 0.497 e. The Kier molecular flexibility index (Phi) is 5.20. The van der Waals surface area contributed by atoms with Crippen molar-refractivity contribution in [2.24, 2.45) is 0 Å². The van der Waals surface area contributed by atoms with Crippen molar-refractivity contribution < 1.29 is 18.6 Å². The van der Waals surface area contributed by atoms with Crippen LogP contribution in [0.15, 0.2) is 41.2 Å². The van der Waals surface area contributed by atoms with E-state index in [0.29, 0.717) is 12.5 Å². The molecule has 3 rings (SSSR count). The minimum absolute atomic E-state index is 0.124. The molecule has 1 aliphatic rings. The maximum absolute atomic E-state index is 6.19. The number of ether oxygens (including phenoxy) is 3. The first-order chi connectivity index (χ1) is 11.3. The zero-order valence-electron chi connectivity index (χ0n) is 13.6. The molecule has 0 spiro atoms. The molecular formula is C18H23NO4. The molecule has 23 heavy (non-hydrogen) atoms. The lowest BCUT2D eigenvalue weighted by atomic mass is 9.89. The molecule has 5 nitrogen and oxygen atoms in total. The fourth-order valence-electron chi connectivity index (χ4n) is 3.03. The molecule has 1 N–H and O–H groups in total. The number of hydrogen-bond donors (Lipinski definition) is 1. The summed E-state index contributed by atoms with van der Waals surface area (Å²) in [6.07, 6.45) is 4.71. The maximum Gasteiger partial charge on any atom is 0.122 e. The first kappa shape index (κ1) is 15.9. The van der Waals surface area contributed by atoms with Crippen LogP contribution in [0.4, 0.5) is 0 Å². The lowest BCUT2D eigenvalue weighted by molar-refractivity contribution is 0.0104. The molecule has 0 aliphatic carbocycles. The van der Waals surface area contributed by atoms with Crippen molar-refractivity contribution in [3.8, 4) is 11.5 Å². The molecule has 2 heterocycles. The highest BCUT2D eigenvalue weighted by Crippen LogP contribution is 2.29. The van der Waals surface area contributed by atoms with Gasteiger partial charge in [-0.05, 0) is 42.3 Å². The topological polar surface area (TPSA) is 52.9 Å². The SMILES string of the molecule is COc1cc(CO[C@@H]2CNCC[C@@H]2c2ccoc2)cc(OC)c1. The van der Waals surface area contributed by atoms with Crippen LogP contribution in [-0.4, -0.2) is 33.4 Å². The number of piperidine rings is 1. The smallest absolute Gasteiger partial charge is 0.122 e. The lowest BCUT2D eigenvalue weighted by Gasteiger charge is -2.31. The summed E-state index contributed by atoms with van der Waals surface area (Å²) in [7, 11) is 3.30. The third-order valence-electron chi connectivity index (χ3n) is 4.27. The summed E-state index contributed by atoms with van der Waals surface area (Å²) in [6, 6.07) is 7.85. The second-order valence-corrected chi connectivity index (χ2v) is 5.73. The van der Waals surface area contributed by atoms with Crippen molar-refractivity contribution in [2.45, 2.75) is 25.0 Å². The highest BCUT2D eigenvalue weighted by molar-refractivity contribution is 5.38. The van der Waals surface area contributed by atoms with Gasteiger partial charge in [-0.1, -0.05) is 0 Å². The highest BCUT2D eigenvalue weighted by Gasteiger charge is 2.27. The summed E-state index contributed by atoms with van der Waals surface area (Å²) in [5.41, 5.74) is 2.25. The average molecular weight is 317 g/mol. The van der Waals surface area contributed by atoms with Gasteiger partial charge in [-0.3, -0.25) is 0 Å². The van der Waals surface area contributed by atoms with Gasteiger partial charge < -0.3 is 23.9 Å². The van der Waals surface area contributed by atoms with Gasteiger partial charge in [0.15, 0.2) is 0 Å². The molecule has 1 saturated heterocycles. The number of hydrogen-bond acceptors (Lipinski definition) is 5.